The molecule has 3 rings (SSSR count). The Kier molecular flexibility index (Phi) is 2.25. The molecular weight excluding hydrogens is 202 g/mol. The predicted octanol–water partition coefficient (Wildman–Crippen LogP) is 0.861. The summed E-state index contributed by atoms with van der Waals surface area (Å²) in [5.41, 5.74) is 3.55. The number of nitrogens with zero attached hydrogens (tertiary/aromatic N) is 3. The number of H-pyrrole nitrogens is 1. The first-order chi connectivity index (χ1) is 7.88. The lowest BCUT2D eigenvalue weighted by Crippen LogP contribution is -2.30. The van der Waals surface area contributed by atoms with Gasteiger partial charge in [0.15, 0.2) is 0 Å². The molecule has 2 aromatic heterocycles. The molecule has 0 fully saturated rings. The van der Waals surface area contributed by atoms with E-state index in [0.29, 0.717) is 0 Å². The molecule has 5 nitrogen and oxygen atoms in total. The van der Waals surface area contributed by atoms with E-state index in [-0.39, 0.29) is 6.04 Å². The van der Waals surface area contributed by atoms with E-state index in [2.05, 4.69) is 33.5 Å². The summed E-state index contributed by atoms with van der Waals surface area (Å²) in [5.74, 6) is 0. The molecular formula is C11H15N5. The summed E-state index contributed by atoms with van der Waals surface area (Å²) in [6.45, 7) is 3.97. The van der Waals surface area contributed by atoms with Crippen LogP contribution in [0.3, 0.4) is 0 Å². The van der Waals surface area contributed by atoms with Crippen LogP contribution in [0.15, 0.2) is 18.7 Å². The van der Waals surface area contributed by atoms with Gasteiger partial charge in [-0.1, -0.05) is 0 Å². The Morgan fingerprint density at radius 2 is 2.50 bits per heavy atom. The molecule has 0 spiro atoms. The van der Waals surface area contributed by atoms with Gasteiger partial charge < -0.3 is 10.3 Å². The van der Waals surface area contributed by atoms with Crippen LogP contribution in [0.5, 0.6) is 0 Å². The number of rotatable bonds is 2. The first-order valence-corrected chi connectivity index (χ1v) is 5.66. The van der Waals surface area contributed by atoms with E-state index in [9.17, 15) is 0 Å². The van der Waals surface area contributed by atoms with Gasteiger partial charge in [0.2, 0.25) is 0 Å². The summed E-state index contributed by atoms with van der Waals surface area (Å²) in [6.07, 6.45) is 6.80. The third kappa shape index (κ3) is 1.44. The summed E-state index contributed by atoms with van der Waals surface area (Å²) in [4.78, 5) is 7.59. The summed E-state index contributed by atoms with van der Waals surface area (Å²) >= 11 is 0. The minimum Gasteiger partial charge on any atom is -0.348 e. The lowest BCUT2D eigenvalue weighted by Gasteiger charge is -2.21. The molecule has 0 bridgehead atoms. The van der Waals surface area contributed by atoms with Crippen molar-refractivity contribution < 1.29 is 0 Å². The van der Waals surface area contributed by atoms with Crippen LogP contribution >= 0.6 is 0 Å². The Bertz CT molecular complexity index is 484. The van der Waals surface area contributed by atoms with Gasteiger partial charge in [-0.3, -0.25) is 4.68 Å². The number of aromatic nitrogens is 4. The number of aryl methyl sites for hydroxylation is 1. The van der Waals surface area contributed by atoms with Crippen molar-refractivity contribution in [2.75, 3.05) is 6.54 Å². The largest absolute Gasteiger partial charge is 0.348 e. The molecule has 2 aromatic rings. The van der Waals surface area contributed by atoms with Gasteiger partial charge in [-0.2, -0.15) is 5.10 Å². The quantitative estimate of drug-likeness (QED) is 0.784. The van der Waals surface area contributed by atoms with Crippen molar-refractivity contribution in [3.05, 3.63) is 35.7 Å². The lowest BCUT2D eigenvalue weighted by molar-refractivity contribution is 0.552. The highest BCUT2D eigenvalue weighted by atomic mass is 15.3. The second-order valence-corrected chi connectivity index (χ2v) is 4.03. The minimum atomic E-state index is 0.190. The number of imidazole rings is 1. The molecule has 0 saturated carbocycles. The van der Waals surface area contributed by atoms with Crippen LogP contribution in [-0.4, -0.2) is 26.3 Å². The normalized spacial score (nSPS) is 19.7. The molecule has 84 valence electrons. The maximum atomic E-state index is 4.39. The van der Waals surface area contributed by atoms with Gasteiger partial charge in [-0.15, -0.1) is 0 Å². The van der Waals surface area contributed by atoms with E-state index in [1.807, 2.05) is 10.9 Å². The molecule has 1 aliphatic heterocycles. The summed E-state index contributed by atoms with van der Waals surface area (Å²) in [6, 6.07) is 0.190. The third-order valence-electron chi connectivity index (χ3n) is 3.06. The second-order valence-electron chi connectivity index (χ2n) is 4.03. The number of hydrogen-bond acceptors (Lipinski definition) is 3. The topological polar surface area (TPSA) is 58.5 Å². The standard InChI is InChI=1S/C11H15N5/c1-2-16-6-8(5-15-16)10-11-9(3-4-12-10)13-7-14-11/h5-7,10,12H,2-4H2,1H3,(H,13,14). The van der Waals surface area contributed by atoms with E-state index in [1.54, 1.807) is 6.33 Å². The highest BCUT2D eigenvalue weighted by Gasteiger charge is 2.24. The number of aromatic amines is 1. The van der Waals surface area contributed by atoms with Gasteiger partial charge in [0, 0.05) is 37.0 Å². The SMILES string of the molecule is CCn1cc(C2NCCc3[nH]cnc32)cn1. The Morgan fingerprint density at radius 3 is 3.31 bits per heavy atom. The first-order valence-electron chi connectivity index (χ1n) is 5.66. The highest BCUT2D eigenvalue weighted by molar-refractivity contribution is 5.29. The van der Waals surface area contributed by atoms with E-state index >= 15 is 0 Å². The van der Waals surface area contributed by atoms with Gasteiger partial charge in [-0.25, -0.2) is 4.98 Å². The molecule has 1 unspecified atom stereocenters. The summed E-state index contributed by atoms with van der Waals surface area (Å²) < 4.78 is 1.94. The summed E-state index contributed by atoms with van der Waals surface area (Å²) in [5, 5.41) is 7.79. The van der Waals surface area contributed by atoms with E-state index < -0.39 is 0 Å². The number of nitrogens with one attached hydrogen (secondary N) is 2. The van der Waals surface area contributed by atoms with Gasteiger partial charge in [0.1, 0.15) is 0 Å². The highest BCUT2D eigenvalue weighted by Crippen LogP contribution is 2.25. The van der Waals surface area contributed by atoms with Crippen molar-refractivity contribution in [1.29, 1.82) is 0 Å². The third-order valence-corrected chi connectivity index (χ3v) is 3.06. The predicted molar refractivity (Wildman–Crippen MR) is 60.0 cm³/mol. The van der Waals surface area contributed by atoms with Crippen LogP contribution in [-0.2, 0) is 13.0 Å². The maximum absolute atomic E-state index is 4.39. The molecule has 0 radical (unpaired) electrons. The van der Waals surface area contributed by atoms with Crippen LogP contribution in [0.25, 0.3) is 0 Å². The van der Waals surface area contributed by atoms with Crippen molar-refractivity contribution >= 4 is 0 Å². The molecule has 16 heavy (non-hydrogen) atoms. The Balaban J connectivity index is 1.97. The average Bonchev–Trinajstić information content (AvgIpc) is 2.97. The van der Waals surface area contributed by atoms with Crippen LogP contribution < -0.4 is 5.32 Å². The maximum Gasteiger partial charge on any atom is 0.0926 e. The summed E-state index contributed by atoms with van der Waals surface area (Å²) in [7, 11) is 0. The smallest absolute Gasteiger partial charge is 0.0926 e. The molecule has 5 heteroatoms. The van der Waals surface area contributed by atoms with E-state index in [4.69, 9.17) is 0 Å². The fraction of sp³-hybridized carbons (Fsp3) is 0.455. The van der Waals surface area contributed by atoms with Crippen LogP contribution in [0.2, 0.25) is 0 Å². The minimum absolute atomic E-state index is 0.190. The van der Waals surface area contributed by atoms with E-state index in [0.717, 1.165) is 25.2 Å². The van der Waals surface area contributed by atoms with Crippen LogP contribution in [0, 0.1) is 0 Å². The van der Waals surface area contributed by atoms with Crippen molar-refractivity contribution in [2.45, 2.75) is 25.9 Å². The van der Waals surface area contributed by atoms with Gasteiger partial charge in [0.25, 0.3) is 0 Å². The van der Waals surface area contributed by atoms with Crippen molar-refractivity contribution in [3.63, 3.8) is 0 Å². The molecule has 2 N–H and O–H groups in total. The number of fused-ring (bicyclic) bond motifs is 1. The monoisotopic (exact) mass is 217 g/mol. The van der Waals surface area contributed by atoms with E-state index in [1.165, 1.54) is 11.3 Å². The second kappa shape index (κ2) is 3.75. The van der Waals surface area contributed by atoms with Crippen molar-refractivity contribution in [1.82, 2.24) is 25.1 Å². The van der Waals surface area contributed by atoms with Crippen molar-refractivity contribution in [3.8, 4) is 0 Å². The Hall–Kier alpha value is -1.62. The molecule has 0 amide bonds. The number of hydrogen-bond donors (Lipinski definition) is 2. The average molecular weight is 217 g/mol. The molecule has 0 aliphatic carbocycles. The zero-order valence-electron chi connectivity index (χ0n) is 9.27. The lowest BCUT2D eigenvalue weighted by atomic mass is 10.0. The van der Waals surface area contributed by atoms with Crippen LogP contribution in [0.4, 0.5) is 0 Å². The zero-order chi connectivity index (χ0) is 11.0. The Morgan fingerprint density at radius 1 is 1.56 bits per heavy atom. The molecule has 0 aromatic carbocycles. The molecule has 1 aliphatic rings. The first kappa shape index (κ1) is 9.59. The Labute approximate surface area is 93.9 Å². The molecule has 0 saturated heterocycles. The van der Waals surface area contributed by atoms with Gasteiger partial charge >= 0.3 is 0 Å². The fourth-order valence-corrected chi connectivity index (χ4v) is 2.20. The van der Waals surface area contributed by atoms with Gasteiger partial charge in [-0.05, 0) is 6.92 Å². The molecule has 3 heterocycles. The van der Waals surface area contributed by atoms with Crippen molar-refractivity contribution in [2.24, 2.45) is 0 Å². The van der Waals surface area contributed by atoms with Crippen LogP contribution in [0.1, 0.15) is 29.9 Å². The zero-order valence-corrected chi connectivity index (χ0v) is 9.27. The fourth-order valence-electron chi connectivity index (χ4n) is 2.20. The van der Waals surface area contributed by atoms with Gasteiger partial charge in [0.05, 0.1) is 24.3 Å². The molecule has 1 atom stereocenters.